The summed E-state index contributed by atoms with van der Waals surface area (Å²) in [5.74, 6) is 0.373. The number of hydrogen-bond acceptors (Lipinski definition) is 5. The third-order valence-electron chi connectivity index (χ3n) is 3.19. The summed E-state index contributed by atoms with van der Waals surface area (Å²) in [5.41, 5.74) is 5.88. The normalized spacial score (nSPS) is 10.9. The Bertz CT molecular complexity index is 813. The molecule has 0 saturated carbocycles. The quantitative estimate of drug-likeness (QED) is 0.526. The van der Waals surface area contributed by atoms with Crippen molar-refractivity contribution in [2.75, 3.05) is 5.43 Å². The van der Waals surface area contributed by atoms with Crippen molar-refractivity contribution >= 4 is 22.7 Å². The van der Waals surface area contributed by atoms with Crippen molar-refractivity contribution < 1.29 is 9.13 Å². The first kappa shape index (κ1) is 16.1. The molecule has 122 valence electrons. The van der Waals surface area contributed by atoms with E-state index in [0.717, 1.165) is 22.0 Å². The van der Waals surface area contributed by atoms with Crippen molar-refractivity contribution in [2.24, 2.45) is 5.10 Å². The summed E-state index contributed by atoms with van der Waals surface area (Å²) in [6.45, 7) is 2.37. The Balaban J connectivity index is 1.52. The van der Waals surface area contributed by atoms with Crippen LogP contribution < -0.4 is 10.2 Å². The molecule has 0 bridgehead atoms. The largest absolute Gasteiger partial charge is 0.489 e. The Morgan fingerprint density at radius 2 is 1.92 bits per heavy atom. The number of ether oxygens (including phenoxy) is 1. The molecule has 0 aliphatic heterocycles. The standard InChI is InChI=1S/C18H16FN3OS/c1-13-12-24-18(21-13)22-20-10-14-2-4-15(5-3-14)11-23-17-8-6-16(19)7-9-17/h2-10,12H,11H2,1H3,(H,21,22). The molecule has 3 rings (SSSR count). The predicted octanol–water partition coefficient (Wildman–Crippen LogP) is 4.62. The topological polar surface area (TPSA) is 46.5 Å². The minimum atomic E-state index is -0.271. The van der Waals surface area contributed by atoms with Gasteiger partial charge in [0.1, 0.15) is 18.2 Å². The number of benzene rings is 2. The monoisotopic (exact) mass is 341 g/mol. The first-order valence-corrected chi connectivity index (χ1v) is 8.25. The number of hydrazone groups is 1. The second-order valence-electron chi connectivity index (χ2n) is 5.15. The van der Waals surface area contributed by atoms with Crippen molar-refractivity contribution in [1.82, 2.24) is 4.98 Å². The lowest BCUT2D eigenvalue weighted by molar-refractivity contribution is 0.306. The van der Waals surface area contributed by atoms with Crippen molar-refractivity contribution in [2.45, 2.75) is 13.5 Å². The van der Waals surface area contributed by atoms with E-state index in [1.807, 2.05) is 36.6 Å². The van der Waals surface area contributed by atoms with Gasteiger partial charge in [-0.3, -0.25) is 5.43 Å². The maximum Gasteiger partial charge on any atom is 0.203 e. The lowest BCUT2D eigenvalue weighted by Crippen LogP contribution is -1.96. The number of aromatic nitrogens is 1. The van der Waals surface area contributed by atoms with E-state index in [1.54, 1.807) is 18.3 Å². The molecule has 2 aromatic carbocycles. The molecule has 1 N–H and O–H groups in total. The van der Waals surface area contributed by atoms with Crippen LogP contribution in [0.1, 0.15) is 16.8 Å². The SMILES string of the molecule is Cc1csc(NN=Cc2ccc(COc3ccc(F)cc3)cc2)n1. The summed E-state index contributed by atoms with van der Waals surface area (Å²) in [4.78, 5) is 4.27. The van der Waals surface area contributed by atoms with E-state index in [9.17, 15) is 4.39 Å². The highest BCUT2D eigenvalue weighted by molar-refractivity contribution is 7.13. The highest BCUT2D eigenvalue weighted by Crippen LogP contribution is 2.15. The van der Waals surface area contributed by atoms with E-state index in [1.165, 1.54) is 23.5 Å². The Morgan fingerprint density at radius 3 is 2.58 bits per heavy atom. The van der Waals surface area contributed by atoms with Crippen molar-refractivity contribution in [3.8, 4) is 5.75 Å². The number of nitrogens with zero attached hydrogens (tertiary/aromatic N) is 2. The molecule has 0 saturated heterocycles. The van der Waals surface area contributed by atoms with Gasteiger partial charge in [-0.2, -0.15) is 5.10 Å². The van der Waals surface area contributed by atoms with Crippen molar-refractivity contribution in [3.05, 3.63) is 76.5 Å². The number of rotatable bonds is 6. The molecule has 0 amide bonds. The van der Waals surface area contributed by atoms with Crippen LogP contribution in [0, 0.1) is 12.7 Å². The molecule has 4 nitrogen and oxygen atoms in total. The van der Waals surface area contributed by atoms with Crippen LogP contribution in [0.15, 0.2) is 59.0 Å². The van der Waals surface area contributed by atoms with Crippen LogP contribution in [-0.4, -0.2) is 11.2 Å². The van der Waals surface area contributed by atoms with Gasteiger partial charge in [-0.1, -0.05) is 24.3 Å². The van der Waals surface area contributed by atoms with Gasteiger partial charge in [-0.15, -0.1) is 11.3 Å². The Kier molecular flexibility index (Phi) is 5.18. The number of hydrogen-bond donors (Lipinski definition) is 1. The molecule has 1 heterocycles. The summed E-state index contributed by atoms with van der Waals surface area (Å²) in [7, 11) is 0. The molecule has 3 aromatic rings. The van der Waals surface area contributed by atoms with Gasteiger partial charge in [0, 0.05) is 5.38 Å². The summed E-state index contributed by atoms with van der Waals surface area (Å²) in [5, 5.41) is 6.90. The van der Waals surface area contributed by atoms with E-state index in [0.29, 0.717) is 12.4 Å². The average Bonchev–Trinajstić information content (AvgIpc) is 3.01. The molecule has 0 aliphatic rings. The molecule has 0 atom stereocenters. The zero-order valence-electron chi connectivity index (χ0n) is 13.1. The van der Waals surface area contributed by atoms with Gasteiger partial charge >= 0.3 is 0 Å². The molecule has 0 unspecified atom stereocenters. The first-order valence-electron chi connectivity index (χ1n) is 7.37. The molecule has 0 fully saturated rings. The number of anilines is 1. The minimum absolute atomic E-state index is 0.271. The van der Waals surface area contributed by atoms with Gasteiger partial charge in [0.2, 0.25) is 5.13 Å². The highest BCUT2D eigenvalue weighted by Gasteiger charge is 1.98. The average molecular weight is 341 g/mol. The van der Waals surface area contributed by atoms with Crippen LogP contribution in [0.4, 0.5) is 9.52 Å². The Labute approximate surface area is 143 Å². The van der Waals surface area contributed by atoms with Crippen LogP contribution >= 0.6 is 11.3 Å². The van der Waals surface area contributed by atoms with Gasteiger partial charge in [-0.25, -0.2) is 9.37 Å². The van der Waals surface area contributed by atoms with E-state index in [4.69, 9.17) is 4.74 Å². The van der Waals surface area contributed by atoms with Crippen LogP contribution in [0.25, 0.3) is 0 Å². The fourth-order valence-corrected chi connectivity index (χ4v) is 2.60. The molecule has 6 heteroatoms. The number of aryl methyl sites for hydroxylation is 1. The van der Waals surface area contributed by atoms with Crippen LogP contribution in [0.5, 0.6) is 5.75 Å². The second-order valence-corrected chi connectivity index (χ2v) is 6.01. The van der Waals surface area contributed by atoms with E-state index >= 15 is 0 Å². The molecule has 0 aliphatic carbocycles. The predicted molar refractivity (Wildman–Crippen MR) is 95.2 cm³/mol. The zero-order chi connectivity index (χ0) is 16.8. The third kappa shape index (κ3) is 4.63. The Morgan fingerprint density at radius 1 is 1.17 bits per heavy atom. The lowest BCUT2D eigenvalue weighted by atomic mass is 10.1. The van der Waals surface area contributed by atoms with Gasteiger partial charge < -0.3 is 4.74 Å². The summed E-state index contributed by atoms with van der Waals surface area (Å²) in [6, 6.07) is 13.8. The number of nitrogens with one attached hydrogen (secondary N) is 1. The summed E-state index contributed by atoms with van der Waals surface area (Å²) < 4.78 is 18.4. The fourth-order valence-electron chi connectivity index (χ4n) is 1.96. The molecule has 0 radical (unpaired) electrons. The van der Waals surface area contributed by atoms with Crippen molar-refractivity contribution in [3.63, 3.8) is 0 Å². The van der Waals surface area contributed by atoms with E-state index in [-0.39, 0.29) is 5.82 Å². The highest BCUT2D eigenvalue weighted by atomic mass is 32.1. The van der Waals surface area contributed by atoms with Crippen molar-refractivity contribution in [1.29, 1.82) is 0 Å². The molecule has 24 heavy (non-hydrogen) atoms. The molecule has 0 spiro atoms. The van der Waals surface area contributed by atoms with Crippen LogP contribution in [0.2, 0.25) is 0 Å². The van der Waals surface area contributed by atoms with E-state index < -0.39 is 0 Å². The summed E-state index contributed by atoms with van der Waals surface area (Å²) in [6.07, 6.45) is 1.74. The fraction of sp³-hybridized carbons (Fsp3) is 0.111. The smallest absolute Gasteiger partial charge is 0.203 e. The van der Waals surface area contributed by atoms with Gasteiger partial charge in [0.15, 0.2) is 0 Å². The lowest BCUT2D eigenvalue weighted by Gasteiger charge is -2.06. The van der Waals surface area contributed by atoms with Crippen LogP contribution in [0.3, 0.4) is 0 Å². The van der Waals surface area contributed by atoms with Gasteiger partial charge in [-0.05, 0) is 42.3 Å². The maximum atomic E-state index is 12.8. The number of halogens is 1. The zero-order valence-corrected chi connectivity index (χ0v) is 13.9. The minimum Gasteiger partial charge on any atom is -0.489 e. The first-order chi connectivity index (χ1) is 11.7. The van der Waals surface area contributed by atoms with Gasteiger partial charge in [0.25, 0.3) is 0 Å². The third-order valence-corrected chi connectivity index (χ3v) is 4.06. The molecular formula is C18H16FN3OS. The second kappa shape index (κ2) is 7.70. The molecule has 1 aromatic heterocycles. The summed E-state index contributed by atoms with van der Waals surface area (Å²) >= 11 is 1.52. The van der Waals surface area contributed by atoms with Gasteiger partial charge in [0.05, 0.1) is 11.9 Å². The Hall–Kier alpha value is -2.73. The van der Waals surface area contributed by atoms with Crippen LogP contribution in [-0.2, 0) is 6.61 Å². The number of thiazole rings is 1. The van der Waals surface area contributed by atoms with E-state index in [2.05, 4.69) is 15.5 Å². The maximum absolute atomic E-state index is 12.8. The molecular weight excluding hydrogens is 325 g/mol.